The molecule has 0 radical (unpaired) electrons. The number of carbonyl (C=O) groups is 1. The molecule has 4 rings (SSSR count). The first-order chi connectivity index (χ1) is 21.2. The predicted molar refractivity (Wildman–Crippen MR) is 172 cm³/mol. The average Bonchev–Trinajstić information content (AvgIpc) is 3.60. The number of aliphatic hydroxyl groups excluding tert-OH is 2. The molecule has 7 atom stereocenters. The van der Waals surface area contributed by atoms with Crippen LogP contribution in [-0.4, -0.2) is 49.2 Å². The normalized spacial score (nSPS) is 25.4. The summed E-state index contributed by atoms with van der Waals surface area (Å²) in [6, 6.07) is 10.8. The number of carboxylic acids is 1. The van der Waals surface area contributed by atoms with Gasteiger partial charge in [0, 0.05) is 11.4 Å². The van der Waals surface area contributed by atoms with E-state index in [1.54, 1.807) is 12.1 Å². The van der Waals surface area contributed by atoms with Crippen LogP contribution in [0.25, 0.3) is 11.3 Å². The Hall–Kier alpha value is -2.35. The SMILES string of the molecule is CCCCCCC[C@H](O)CCCCCC[C@H](C(=O)O)[C@H](O)[C@@H]1CC[C@H]2CC[C@@H](Cc3ccc(-c4cccc([O-])c4)[nH]3)[C@@]2(O)C1. The number of unbranched alkanes of at least 4 members (excludes halogenated alkanes) is 7. The van der Waals surface area contributed by atoms with Gasteiger partial charge in [0.15, 0.2) is 0 Å². The number of aliphatic hydroxyl groups is 3. The maximum Gasteiger partial charge on any atom is 0.309 e. The van der Waals surface area contributed by atoms with Gasteiger partial charge in [-0.2, -0.15) is 0 Å². The molecule has 0 amide bonds. The first kappa shape index (κ1) is 34.5. The number of benzene rings is 1. The Kier molecular flexibility index (Phi) is 13.2. The number of H-pyrrole nitrogens is 1. The van der Waals surface area contributed by atoms with E-state index in [-0.39, 0.29) is 29.6 Å². The fourth-order valence-electron chi connectivity index (χ4n) is 8.12. The highest BCUT2D eigenvalue weighted by Gasteiger charge is 2.53. The molecule has 2 aliphatic rings. The van der Waals surface area contributed by atoms with Crippen LogP contribution in [0.2, 0.25) is 0 Å². The van der Waals surface area contributed by atoms with Gasteiger partial charge in [-0.1, -0.05) is 89.0 Å². The zero-order valence-corrected chi connectivity index (χ0v) is 26.8. The highest BCUT2D eigenvalue weighted by molar-refractivity contribution is 5.70. The van der Waals surface area contributed by atoms with Crippen molar-refractivity contribution in [2.24, 2.45) is 23.7 Å². The quantitative estimate of drug-likeness (QED) is 0.109. The molecule has 0 unspecified atom stereocenters. The molecule has 0 spiro atoms. The van der Waals surface area contributed by atoms with Crippen LogP contribution >= 0.6 is 0 Å². The number of nitrogens with one attached hydrogen (secondary N) is 1. The lowest BCUT2D eigenvalue weighted by Gasteiger charge is -2.44. The molecule has 1 aromatic heterocycles. The van der Waals surface area contributed by atoms with Crippen molar-refractivity contribution in [2.45, 2.75) is 140 Å². The minimum absolute atomic E-state index is 0.0308. The lowest BCUT2D eigenvalue weighted by atomic mass is 9.66. The third-order valence-electron chi connectivity index (χ3n) is 10.8. The number of hydrogen-bond donors (Lipinski definition) is 5. The van der Waals surface area contributed by atoms with Gasteiger partial charge in [0.2, 0.25) is 0 Å². The van der Waals surface area contributed by atoms with Crippen molar-refractivity contribution >= 4 is 5.97 Å². The Morgan fingerprint density at radius 3 is 2.30 bits per heavy atom. The van der Waals surface area contributed by atoms with Gasteiger partial charge in [0.1, 0.15) is 0 Å². The maximum absolute atomic E-state index is 12.2. The number of aromatic nitrogens is 1. The molecule has 0 bridgehead atoms. The van der Waals surface area contributed by atoms with Crippen molar-refractivity contribution in [1.29, 1.82) is 0 Å². The second-order valence-electron chi connectivity index (χ2n) is 13.9. The molecule has 0 saturated heterocycles. The lowest BCUT2D eigenvalue weighted by molar-refractivity contribution is -0.268. The minimum atomic E-state index is -0.968. The van der Waals surface area contributed by atoms with Crippen LogP contribution in [0.4, 0.5) is 0 Å². The van der Waals surface area contributed by atoms with Gasteiger partial charge >= 0.3 is 5.97 Å². The van der Waals surface area contributed by atoms with Crippen molar-refractivity contribution in [3.63, 3.8) is 0 Å². The monoisotopic (exact) mass is 610 g/mol. The summed E-state index contributed by atoms with van der Waals surface area (Å²) < 4.78 is 0. The summed E-state index contributed by atoms with van der Waals surface area (Å²) in [5, 5.41) is 55.4. The summed E-state index contributed by atoms with van der Waals surface area (Å²) >= 11 is 0. The van der Waals surface area contributed by atoms with E-state index in [9.17, 15) is 30.3 Å². The molecule has 5 N–H and O–H groups in total. The van der Waals surface area contributed by atoms with Gasteiger partial charge in [0.05, 0.1) is 23.7 Å². The molecule has 246 valence electrons. The van der Waals surface area contributed by atoms with E-state index in [1.807, 2.05) is 18.2 Å². The molecule has 1 heterocycles. The number of hydrogen-bond acceptors (Lipinski definition) is 5. The molecule has 7 heteroatoms. The second kappa shape index (κ2) is 16.8. The van der Waals surface area contributed by atoms with Crippen LogP contribution in [0.1, 0.15) is 122 Å². The fraction of sp³-hybridized carbons (Fsp3) is 0.703. The third-order valence-corrected chi connectivity index (χ3v) is 10.8. The maximum atomic E-state index is 12.2. The van der Waals surface area contributed by atoms with E-state index < -0.39 is 23.6 Å². The summed E-state index contributed by atoms with van der Waals surface area (Å²) in [5.74, 6) is -1.82. The van der Waals surface area contributed by atoms with Crippen molar-refractivity contribution in [1.82, 2.24) is 4.98 Å². The zero-order chi connectivity index (χ0) is 31.5. The van der Waals surface area contributed by atoms with Crippen molar-refractivity contribution in [3.05, 3.63) is 42.1 Å². The molecule has 0 aliphatic heterocycles. The summed E-state index contributed by atoms with van der Waals surface area (Å²) in [6.07, 6.45) is 15.0. The summed E-state index contributed by atoms with van der Waals surface area (Å²) in [4.78, 5) is 15.7. The first-order valence-corrected chi connectivity index (χ1v) is 17.5. The number of aliphatic carboxylic acids is 1. The molecule has 2 saturated carbocycles. The van der Waals surface area contributed by atoms with Crippen LogP contribution in [-0.2, 0) is 11.2 Å². The van der Waals surface area contributed by atoms with E-state index in [0.717, 1.165) is 87.6 Å². The largest absolute Gasteiger partial charge is 0.872 e. The molecule has 2 fully saturated rings. The zero-order valence-electron chi connectivity index (χ0n) is 26.8. The number of rotatable bonds is 19. The lowest BCUT2D eigenvalue weighted by Crippen LogP contribution is -2.49. The molecular formula is C37H56NO6-. The van der Waals surface area contributed by atoms with Gasteiger partial charge in [0.25, 0.3) is 0 Å². The van der Waals surface area contributed by atoms with E-state index in [1.165, 1.54) is 31.7 Å². The molecule has 1 aromatic carbocycles. The van der Waals surface area contributed by atoms with Gasteiger partial charge in [-0.15, -0.1) is 5.75 Å². The minimum Gasteiger partial charge on any atom is -0.872 e. The van der Waals surface area contributed by atoms with Gasteiger partial charge < -0.3 is 30.5 Å². The van der Waals surface area contributed by atoms with E-state index in [2.05, 4.69) is 11.9 Å². The Bertz CT molecular complexity index is 1150. The van der Waals surface area contributed by atoms with Crippen LogP contribution in [0.3, 0.4) is 0 Å². The van der Waals surface area contributed by atoms with Crippen LogP contribution in [0, 0.1) is 23.7 Å². The highest BCUT2D eigenvalue weighted by atomic mass is 16.4. The van der Waals surface area contributed by atoms with Crippen molar-refractivity contribution < 1.29 is 30.3 Å². The van der Waals surface area contributed by atoms with Gasteiger partial charge in [-0.25, -0.2) is 0 Å². The first-order valence-electron chi connectivity index (χ1n) is 17.5. The third kappa shape index (κ3) is 9.34. The molecular weight excluding hydrogens is 554 g/mol. The van der Waals surface area contributed by atoms with Gasteiger partial charge in [-0.3, -0.25) is 4.79 Å². The van der Waals surface area contributed by atoms with Crippen LogP contribution < -0.4 is 5.11 Å². The number of fused-ring (bicyclic) bond motifs is 1. The summed E-state index contributed by atoms with van der Waals surface area (Å²) in [6.45, 7) is 2.20. The summed E-state index contributed by atoms with van der Waals surface area (Å²) in [7, 11) is 0. The number of aromatic amines is 1. The standard InChI is InChI=1S/C37H57NO6/c1-2-3-4-5-8-13-31(39)14-9-6-7-10-16-33(36(42)43)35(41)27-17-18-28-19-20-29(37(28,44)25-27)24-30-21-22-34(38-30)26-12-11-15-32(40)23-26/h11-12,15,21-23,27-29,31,33,35,38-41,44H,2-10,13-14,16-20,24-25H2,1H3,(H,42,43)/p-1/t27-,28+,29+,31+,33+,35-,37-/m1/s1. The molecule has 44 heavy (non-hydrogen) atoms. The van der Waals surface area contributed by atoms with Crippen molar-refractivity contribution in [2.75, 3.05) is 0 Å². The predicted octanol–water partition coefficient (Wildman–Crippen LogP) is 6.98. The second-order valence-corrected chi connectivity index (χ2v) is 13.9. The molecule has 2 aliphatic carbocycles. The Morgan fingerprint density at radius 2 is 1.61 bits per heavy atom. The van der Waals surface area contributed by atoms with E-state index in [4.69, 9.17) is 0 Å². The Balaban J connectivity index is 1.24. The topological polar surface area (TPSA) is 137 Å². The van der Waals surface area contributed by atoms with E-state index in [0.29, 0.717) is 19.3 Å². The van der Waals surface area contributed by atoms with E-state index >= 15 is 0 Å². The van der Waals surface area contributed by atoms with Crippen LogP contribution in [0.15, 0.2) is 36.4 Å². The average molecular weight is 611 g/mol. The van der Waals surface area contributed by atoms with Crippen LogP contribution in [0.5, 0.6) is 5.75 Å². The molecule has 7 nitrogen and oxygen atoms in total. The highest BCUT2D eigenvalue weighted by Crippen LogP contribution is 2.53. The Morgan fingerprint density at radius 1 is 0.932 bits per heavy atom. The smallest absolute Gasteiger partial charge is 0.309 e. The van der Waals surface area contributed by atoms with Crippen molar-refractivity contribution in [3.8, 4) is 17.0 Å². The Labute approximate surface area is 264 Å². The molecule has 2 aromatic rings. The fourth-order valence-corrected chi connectivity index (χ4v) is 8.12. The summed E-state index contributed by atoms with van der Waals surface area (Å²) in [5.41, 5.74) is 1.83. The van der Waals surface area contributed by atoms with Gasteiger partial charge in [-0.05, 0) is 93.2 Å². The number of carboxylic acid groups (broad SMARTS) is 1.